The lowest BCUT2D eigenvalue weighted by molar-refractivity contribution is -0.121. The maximum Gasteiger partial charge on any atom is 0.257 e. The number of nitrogens with one attached hydrogen (secondary N) is 1. The number of nitrogens with two attached hydrogens (primary N) is 1. The van der Waals surface area contributed by atoms with Crippen LogP contribution in [0.15, 0.2) is 18.5 Å². The van der Waals surface area contributed by atoms with Crippen LogP contribution in [0.5, 0.6) is 0 Å². The number of piperidine rings is 1. The van der Waals surface area contributed by atoms with Gasteiger partial charge in [-0.3, -0.25) is 14.6 Å². The largest absolute Gasteiger partial charge is 0.354 e. The van der Waals surface area contributed by atoms with E-state index >= 15 is 0 Å². The smallest absolute Gasteiger partial charge is 0.257 e. The van der Waals surface area contributed by atoms with E-state index in [0.717, 1.165) is 25.5 Å². The second-order valence-corrected chi connectivity index (χ2v) is 5.35. The van der Waals surface area contributed by atoms with Crippen LogP contribution in [0.25, 0.3) is 0 Å². The Morgan fingerprint density at radius 3 is 3.00 bits per heavy atom. The van der Waals surface area contributed by atoms with Gasteiger partial charge in [0.25, 0.3) is 5.91 Å². The second-order valence-electron chi connectivity index (χ2n) is 5.35. The van der Waals surface area contributed by atoms with Gasteiger partial charge in [-0.1, -0.05) is 0 Å². The number of carbonyl (C=O) groups is 2. The number of halogens is 1. The number of nitrogens with zero attached hydrogens (tertiary/aromatic N) is 2. The number of carbonyl (C=O) groups excluding carboxylic acids is 2. The van der Waals surface area contributed by atoms with Gasteiger partial charge in [-0.2, -0.15) is 0 Å². The molecule has 0 spiro atoms. The number of likely N-dealkylation sites (tertiary alicyclic amines) is 1. The minimum absolute atomic E-state index is 0.0233. The molecule has 2 heterocycles. The van der Waals surface area contributed by atoms with Gasteiger partial charge in [-0.05, 0) is 25.3 Å². The van der Waals surface area contributed by atoms with Crippen molar-refractivity contribution >= 4 is 11.8 Å². The summed E-state index contributed by atoms with van der Waals surface area (Å²) >= 11 is 0. The third-order valence-corrected chi connectivity index (χ3v) is 3.80. The molecule has 0 aromatic carbocycles. The van der Waals surface area contributed by atoms with Crippen LogP contribution in [0.1, 0.15) is 36.0 Å². The van der Waals surface area contributed by atoms with E-state index in [-0.39, 0.29) is 29.8 Å². The van der Waals surface area contributed by atoms with Crippen molar-refractivity contribution in [3.05, 3.63) is 29.8 Å². The molecule has 3 N–H and O–H groups in total. The third-order valence-electron chi connectivity index (χ3n) is 3.80. The van der Waals surface area contributed by atoms with Crippen LogP contribution >= 0.6 is 0 Å². The molecule has 0 saturated carbocycles. The Kier molecular flexibility index (Phi) is 5.83. The Balaban J connectivity index is 2.04. The minimum atomic E-state index is -0.621. The summed E-state index contributed by atoms with van der Waals surface area (Å²) in [5.74, 6) is -1.10. The first kappa shape index (κ1) is 16.4. The van der Waals surface area contributed by atoms with Crippen molar-refractivity contribution in [3.63, 3.8) is 0 Å². The molecule has 1 aliphatic rings. The summed E-state index contributed by atoms with van der Waals surface area (Å²) in [5.41, 5.74) is 5.36. The van der Waals surface area contributed by atoms with Gasteiger partial charge in [0.1, 0.15) is 0 Å². The van der Waals surface area contributed by atoms with Gasteiger partial charge < -0.3 is 16.0 Å². The zero-order valence-corrected chi connectivity index (χ0v) is 12.4. The number of pyridine rings is 1. The molecular formula is C15H21FN4O2. The highest BCUT2D eigenvalue weighted by Gasteiger charge is 2.29. The third kappa shape index (κ3) is 4.00. The maximum atomic E-state index is 13.7. The van der Waals surface area contributed by atoms with Gasteiger partial charge in [-0.25, -0.2) is 4.39 Å². The van der Waals surface area contributed by atoms with Crippen molar-refractivity contribution in [1.82, 2.24) is 15.2 Å². The first-order chi connectivity index (χ1) is 10.6. The summed E-state index contributed by atoms with van der Waals surface area (Å²) in [4.78, 5) is 29.4. The molecule has 2 amide bonds. The Morgan fingerprint density at radius 1 is 1.45 bits per heavy atom. The van der Waals surface area contributed by atoms with Crippen LogP contribution in [0.3, 0.4) is 0 Å². The number of rotatable bonds is 5. The van der Waals surface area contributed by atoms with E-state index in [1.54, 1.807) is 4.90 Å². The molecule has 1 aromatic rings. The van der Waals surface area contributed by atoms with E-state index < -0.39 is 5.82 Å². The van der Waals surface area contributed by atoms with Crippen LogP contribution in [-0.2, 0) is 4.79 Å². The summed E-state index contributed by atoms with van der Waals surface area (Å²) in [7, 11) is 0. The second kappa shape index (κ2) is 7.84. The number of hydrogen-bond donors (Lipinski definition) is 2. The van der Waals surface area contributed by atoms with E-state index in [1.807, 2.05) is 0 Å². The highest BCUT2D eigenvalue weighted by atomic mass is 19.1. The van der Waals surface area contributed by atoms with Gasteiger partial charge in [0, 0.05) is 38.3 Å². The molecule has 1 fully saturated rings. The van der Waals surface area contributed by atoms with Crippen LogP contribution in [-0.4, -0.2) is 47.4 Å². The average Bonchev–Trinajstić information content (AvgIpc) is 2.53. The van der Waals surface area contributed by atoms with Crippen LogP contribution in [0, 0.1) is 5.82 Å². The highest BCUT2D eigenvalue weighted by Crippen LogP contribution is 2.20. The lowest BCUT2D eigenvalue weighted by Gasteiger charge is -2.36. The summed E-state index contributed by atoms with van der Waals surface area (Å²) < 4.78 is 13.7. The molecule has 1 saturated heterocycles. The average molecular weight is 308 g/mol. The van der Waals surface area contributed by atoms with Gasteiger partial charge >= 0.3 is 0 Å². The van der Waals surface area contributed by atoms with Gasteiger partial charge in [-0.15, -0.1) is 0 Å². The van der Waals surface area contributed by atoms with Crippen molar-refractivity contribution in [2.24, 2.45) is 5.73 Å². The molecule has 6 nitrogen and oxygen atoms in total. The molecule has 1 aliphatic heterocycles. The van der Waals surface area contributed by atoms with E-state index in [4.69, 9.17) is 5.73 Å². The van der Waals surface area contributed by atoms with E-state index in [9.17, 15) is 14.0 Å². The van der Waals surface area contributed by atoms with Crippen LogP contribution in [0.4, 0.5) is 4.39 Å². The van der Waals surface area contributed by atoms with Crippen LogP contribution in [0.2, 0.25) is 0 Å². The first-order valence-electron chi connectivity index (χ1n) is 7.50. The van der Waals surface area contributed by atoms with E-state index in [2.05, 4.69) is 10.3 Å². The Labute approximate surface area is 128 Å². The molecule has 0 aliphatic carbocycles. The van der Waals surface area contributed by atoms with Gasteiger partial charge in [0.2, 0.25) is 5.91 Å². The standard InChI is InChI=1S/C15H21FN4O2/c16-13-10-18-7-5-12(13)15(22)20-8-2-1-3-11(20)9-19-14(21)4-6-17/h5,7,10-11H,1-4,6,8-9,17H2,(H,19,21). The number of aromatic nitrogens is 1. The van der Waals surface area contributed by atoms with Gasteiger partial charge in [0.05, 0.1) is 11.8 Å². The number of hydrogen-bond acceptors (Lipinski definition) is 4. The van der Waals surface area contributed by atoms with Crippen molar-refractivity contribution < 1.29 is 14.0 Å². The zero-order valence-electron chi connectivity index (χ0n) is 12.4. The molecular weight excluding hydrogens is 287 g/mol. The molecule has 22 heavy (non-hydrogen) atoms. The molecule has 2 rings (SSSR count). The molecule has 0 radical (unpaired) electrons. The van der Waals surface area contributed by atoms with E-state index in [1.165, 1.54) is 12.3 Å². The Morgan fingerprint density at radius 2 is 2.27 bits per heavy atom. The van der Waals surface area contributed by atoms with Crippen molar-refractivity contribution in [2.75, 3.05) is 19.6 Å². The van der Waals surface area contributed by atoms with Crippen LogP contribution < -0.4 is 11.1 Å². The van der Waals surface area contributed by atoms with Crippen molar-refractivity contribution in [2.45, 2.75) is 31.7 Å². The summed E-state index contributed by atoms with van der Waals surface area (Å²) in [6, 6.07) is 1.27. The maximum absolute atomic E-state index is 13.7. The molecule has 120 valence electrons. The SMILES string of the molecule is NCCC(=O)NCC1CCCCN1C(=O)c1ccncc1F. The highest BCUT2D eigenvalue weighted by molar-refractivity contribution is 5.94. The normalized spacial score (nSPS) is 18.1. The topological polar surface area (TPSA) is 88.3 Å². The fourth-order valence-corrected chi connectivity index (χ4v) is 2.63. The Hall–Kier alpha value is -2.02. The molecule has 1 aromatic heterocycles. The zero-order chi connectivity index (χ0) is 15.9. The molecule has 1 atom stereocenters. The summed E-state index contributed by atoms with van der Waals surface area (Å²) in [6.07, 6.45) is 5.36. The minimum Gasteiger partial charge on any atom is -0.354 e. The van der Waals surface area contributed by atoms with Gasteiger partial charge in [0.15, 0.2) is 5.82 Å². The fourth-order valence-electron chi connectivity index (χ4n) is 2.63. The summed E-state index contributed by atoms with van der Waals surface area (Å²) in [6.45, 7) is 1.23. The fraction of sp³-hybridized carbons (Fsp3) is 0.533. The monoisotopic (exact) mass is 308 g/mol. The summed E-state index contributed by atoms with van der Waals surface area (Å²) in [5, 5.41) is 2.79. The predicted octanol–water partition coefficient (Wildman–Crippen LogP) is 0.680. The lowest BCUT2D eigenvalue weighted by Crippen LogP contribution is -2.49. The predicted molar refractivity (Wildman–Crippen MR) is 79.6 cm³/mol. The first-order valence-corrected chi connectivity index (χ1v) is 7.50. The van der Waals surface area contributed by atoms with Crippen molar-refractivity contribution in [3.8, 4) is 0 Å². The quantitative estimate of drug-likeness (QED) is 0.837. The van der Waals surface area contributed by atoms with E-state index in [0.29, 0.717) is 19.6 Å². The number of amides is 2. The molecule has 0 bridgehead atoms. The molecule has 1 unspecified atom stereocenters. The lowest BCUT2D eigenvalue weighted by atomic mass is 10.0. The Bertz CT molecular complexity index is 538. The molecule has 7 heteroatoms. The van der Waals surface area contributed by atoms with Crippen molar-refractivity contribution in [1.29, 1.82) is 0 Å².